The van der Waals surface area contributed by atoms with Crippen molar-refractivity contribution in [2.75, 3.05) is 12.4 Å². The normalized spacial score (nSPS) is 11.8. The van der Waals surface area contributed by atoms with Crippen LogP contribution >= 0.6 is 0 Å². The van der Waals surface area contributed by atoms with Crippen LogP contribution in [0.25, 0.3) is 10.9 Å². The van der Waals surface area contributed by atoms with Gasteiger partial charge >= 0.3 is 12.1 Å². The van der Waals surface area contributed by atoms with Crippen LogP contribution in [0.1, 0.15) is 31.9 Å². The third kappa shape index (κ3) is 6.40. The molecule has 0 radical (unpaired) electrons. The molecule has 1 aromatic carbocycles. The molecule has 2 heterocycles. The highest BCUT2D eigenvalue weighted by atomic mass is 16.6. The highest BCUT2D eigenvalue weighted by molar-refractivity contribution is 5.83. The van der Waals surface area contributed by atoms with Crippen molar-refractivity contribution in [1.82, 2.24) is 15.3 Å². The van der Waals surface area contributed by atoms with Gasteiger partial charge in [0.25, 0.3) is 0 Å². The number of nitrogens with zero attached hydrogens (tertiary/aromatic N) is 3. The molecule has 1 amide bonds. The van der Waals surface area contributed by atoms with Crippen molar-refractivity contribution in [3.63, 3.8) is 0 Å². The van der Waals surface area contributed by atoms with Gasteiger partial charge in [-0.15, -0.1) is 0 Å². The Balaban J connectivity index is 1.73. The van der Waals surface area contributed by atoms with Crippen LogP contribution in [0.2, 0.25) is 0 Å². The second-order valence-corrected chi connectivity index (χ2v) is 8.31. The lowest BCUT2D eigenvalue weighted by molar-refractivity contribution is -0.143. The van der Waals surface area contributed by atoms with E-state index in [1.165, 1.54) is 7.11 Å². The van der Waals surface area contributed by atoms with Crippen molar-refractivity contribution in [2.24, 2.45) is 0 Å². The quantitative estimate of drug-likeness (QED) is 0.546. The van der Waals surface area contributed by atoms with E-state index in [0.717, 1.165) is 16.5 Å². The molecular formula is C24H25N5O4. The molecule has 33 heavy (non-hydrogen) atoms. The third-order valence-electron chi connectivity index (χ3n) is 4.57. The summed E-state index contributed by atoms with van der Waals surface area (Å²) in [6.45, 7) is 5.22. The predicted molar refractivity (Wildman–Crippen MR) is 123 cm³/mol. The maximum atomic E-state index is 12.2. The van der Waals surface area contributed by atoms with E-state index in [9.17, 15) is 14.9 Å². The number of esters is 1. The second-order valence-electron chi connectivity index (χ2n) is 8.31. The monoisotopic (exact) mass is 447 g/mol. The van der Waals surface area contributed by atoms with E-state index in [0.29, 0.717) is 17.1 Å². The molecule has 0 saturated heterocycles. The van der Waals surface area contributed by atoms with Crippen molar-refractivity contribution < 1.29 is 19.1 Å². The molecule has 9 heteroatoms. The fourth-order valence-corrected chi connectivity index (χ4v) is 3.08. The van der Waals surface area contributed by atoms with Crippen LogP contribution in [0.3, 0.4) is 0 Å². The van der Waals surface area contributed by atoms with E-state index >= 15 is 0 Å². The first-order valence-electron chi connectivity index (χ1n) is 10.3. The zero-order chi connectivity index (χ0) is 24.0. The molecule has 0 saturated carbocycles. The molecule has 3 aromatic rings. The topological polar surface area (TPSA) is 126 Å². The fourth-order valence-electron chi connectivity index (χ4n) is 3.08. The molecule has 0 fully saturated rings. The Kier molecular flexibility index (Phi) is 7.08. The van der Waals surface area contributed by atoms with Gasteiger partial charge in [0.2, 0.25) is 0 Å². The van der Waals surface area contributed by atoms with Crippen molar-refractivity contribution in [2.45, 2.75) is 38.8 Å². The van der Waals surface area contributed by atoms with Gasteiger partial charge in [-0.1, -0.05) is 12.1 Å². The van der Waals surface area contributed by atoms with Crippen LogP contribution in [0.4, 0.5) is 16.3 Å². The smallest absolute Gasteiger partial charge is 0.408 e. The van der Waals surface area contributed by atoms with E-state index in [-0.39, 0.29) is 6.42 Å². The number of fused-ring (bicyclic) bond motifs is 1. The van der Waals surface area contributed by atoms with Gasteiger partial charge < -0.3 is 20.1 Å². The van der Waals surface area contributed by atoms with Gasteiger partial charge in [-0.3, -0.25) is 4.98 Å². The zero-order valence-electron chi connectivity index (χ0n) is 18.9. The number of nitriles is 1. The number of amides is 1. The highest BCUT2D eigenvalue weighted by Crippen LogP contribution is 2.23. The van der Waals surface area contributed by atoms with Gasteiger partial charge in [0.1, 0.15) is 23.5 Å². The lowest BCUT2D eigenvalue weighted by Crippen LogP contribution is -2.45. The Labute approximate surface area is 191 Å². The molecule has 0 aliphatic carbocycles. The summed E-state index contributed by atoms with van der Waals surface area (Å²) >= 11 is 0. The van der Waals surface area contributed by atoms with E-state index in [2.05, 4.69) is 26.7 Å². The summed E-state index contributed by atoms with van der Waals surface area (Å²) in [6.07, 6.45) is 2.82. The third-order valence-corrected chi connectivity index (χ3v) is 4.57. The zero-order valence-corrected chi connectivity index (χ0v) is 18.9. The molecule has 1 atom stereocenters. The standard InChI is InChI=1S/C24H25N5O4/c1-24(2,3)33-23(31)29-20(22(30)32-4)11-15-5-7-18(8-6-15)27-21-16(13-25)12-17-14-26-10-9-19(17)28-21/h5-10,12,14,20H,11H2,1-4H3,(H,27,28)(H,29,31). The van der Waals surface area contributed by atoms with E-state index < -0.39 is 23.7 Å². The van der Waals surface area contributed by atoms with Crippen LogP contribution in [-0.2, 0) is 20.7 Å². The number of methoxy groups -OCH3 is 1. The number of aromatic nitrogens is 2. The van der Waals surface area contributed by atoms with Gasteiger partial charge in [0.15, 0.2) is 0 Å². The maximum absolute atomic E-state index is 12.2. The van der Waals surface area contributed by atoms with Gasteiger partial charge in [-0.25, -0.2) is 14.6 Å². The largest absolute Gasteiger partial charge is 0.467 e. The first-order chi connectivity index (χ1) is 15.7. The molecule has 2 N–H and O–H groups in total. The summed E-state index contributed by atoms with van der Waals surface area (Å²) in [5, 5.41) is 16.0. The van der Waals surface area contributed by atoms with E-state index in [1.54, 1.807) is 57.4 Å². The second kappa shape index (κ2) is 9.96. The lowest BCUT2D eigenvalue weighted by Gasteiger charge is -2.22. The molecule has 1 unspecified atom stereocenters. The minimum atomic E-state index is -0.899. The molecule has 0 aliphatic heterocycles. The van der Waals surface area contributed by atoms with Gasteiger partial charge in [0, 0.05) is 29.9 Å². The fraction of sp³-hybridized carbons (Fsp3) is 0.292. The summed E-state index contributed by atoms with van der Waals surface area (Å²) < 4.78 is 10.0. The Morgan fingerprint density at radius 2 is 1.91 bits per heavy atom. The number of nitrogens with one attached hydrogen (secondary N) is 2. The minimum Gasteiger partial charge on any atom is -0.467 e. The minimum absolute atomic E-state index is 0.219. The van der Waals surface area contributed by atoms with Gasteiger partial charge in [-0.05, 0) is 50.6 Å². The van der Waals surface area contributed by atoms with Crippen LogP contribution in [0, 0.1) is 11.3 Å². The van der Waals surface area contributed by atoms with Gasteiger partial charge in [-0.2, -0.15) is 5.26 Å². The molecule has 0 aliphatic rings. The molecule has 0 spiro atoms. The Hall–Kier alpha value is -4.19. The first-order valence-corrected chi connectivity index (χ1v) is 10.3. The first kappa shape index (κ1) is 23.5. The summed E-state index contributed by atoms with van der Waals surface area (Å²) in [7, 11) is 1.26. The molecular weight excluding hydrogens is 422 g/mol. The number of carbonyl (C=O) groups is 2. The number of hydrogen-bond donors (Lipinski definition) is 2. The highest BCUT2D eigenvalue weighted by Gasteiger charge is 2.25. The summed E-state index contributed by atoms with van der Waals surface area (Å²) in [5.41, 5.74) is 1.94. The number of alkyl carbamates (subject to hydrolysis) is 1. The van der Waals surface area contributed by atoms with Crippen molar-refractivity contribution in [3.8, 4) is 6.07 Å². The number of rotatable bonds is 6. The van der Waals surface area contributed by atoms with E-state index in [1.807, 2.05) is 12.1 Å². The Bertz CT molecular complexity index is 1200. The van der Waals surface area contributed by atoms with Crippen LogP contribution in [0.15, 0.2) is 48.8 Å². The van der Waals surface area contributed by atoms with Crippen molar-refractivity contribution >= 4 is 34.5 Å². The van der Waals surface area contributed by atoms with Crippen LogP contribution < -0.4 is 10.6 Å². The van der Waals surface area contributed by atoms with Gasteiger partial charge in [0.05, 0.1) is 18.2 Å². The van der Waals surface area contributed by atoms with Crippen LogP contribution in [-0.4, -0.2) is 40.8 Å². The SMILES string of the molecule is COC(=O)C(Cc1ccc(Nc2nc3ccncc3cc2C#N)cc1)NC(=O)OC(C)(C)C. The predicted octanol–water partition coefficient (Wildman–Crippen LogP) is 3.85. The molecule has 3 rings (SSSR count). The van der Waals surface area contributed by atoms with E-state index in [4.69, 9.17) is 9.47 Å². The average Bonchev–Trinajstić information content (AvgIpc) is 2.77. The maximum Gasteiger partial charge on any atom is 0.408 e. The molecule has 170 valence electrons. The Morgan fingerprint density at radius 3 is 2.55 bits per heavy atom. The van der Waals surface area contributed by atoms with Crippen molar-refractivity contribution in [3.05, 3.63) is 59.9 Å². The summed E-state index contributed by atoms with van der Waals surface area (Å²) in [4.78, 5) is 32.8. The number of hydrogen-bond acceptors (Lipinski definition) is 8. The lowest BCUT2D eigenvalue weighted by atomic mass is 10.1. The van der Waals surface area contributed by atoms with Crippen molar-refractivity contribution in [1.29, 1.82) is 5.26 Å². The van der Waals surface area contributed by atoms with Crippen LogP contribution in [0.5, 0.6) is 0 Å². The molecule has 9 nitrogen and oxygen atoms in total. The Morgan fingerprint density at radius 1 is 1.18 bits per heavy atom. The summed E-state index contributed by atoms with van der Waals surface area (Å²) in [6, 6.07) is 12.0. The number of carbonyl (C=O) groups excluding carboxylic acids is 2. The number of anilines is 2. The number of pyridine rings is 2. The number of ether oxygens (including phenoxy) is 2. The molecule has 2 aromatic heterocycles. The summed E-state index contributed by atoms with van der Waals surface area (Å²) in [5.74, 6) is -0.139. The number of benzene rings is 1. The molecule has 0 bridgehead atoms. The average molecular weight is 447 g/mol.